The van der Waals surface area contributed by atoms with Crippen LogP contribution in [-0.4, -0.2) is 26.3 Å². The van der Waals surface area contributed by atoms with Crippen molar-refractivity contribution in [2.45, 2.75) is 19.5 Å². The van der Waals surface area contributed by atoms with E-state index >= 15 is 0 Å². The molecule has 9 heteroatoms. The van der Waals surface area contributed by atoms with Crippen molar-refractivity contribution in [1.29, 1.82) is 0 Å². The summed E-state index contributed by atoms with van der Waals surface area (Å²) < 4.78 is 0. The summed E-state index contributed by atoms with van der Waals surface area (Å²) in [6.45, 7) is 1.57. The molecule has 3 heterocycles. The zero-order valence-corrected chi connectivity index (χ0v) is 15.7. The number of nitro groups is 1. The van der Waals surface area contributed by atoms with Gasteiger partial charge < -0.3 is 4.98 Å². The molecule has 4 rings (SSSR count). The first-order valence-corrected chi connectivity index (χ1v) is 9.58. The van der Waals surface area contributed by atoms with Crippen LogP contribution in [0.3, 0.4) is 0 Å². The molecule has 0 saturated carbocycles. The highest BCUT2D eigenvalue weighted by Gasteiger charge is 2.23. The number of aromatic nitrogens is 2. The van der Waals surface area contributed by atoms with Crippen molar-refractivity contribution in [2.24, 2.45) is 0 Å². The van der Waals surface area contributed by atoms with Crippen LogP contribution in [0, 0.1) is 10.1 Å². The SMILES string of the molecule is O=c1[nH]c(-c2cccs2)nc2c1CN(Cc1cc([N+](=O)[O-])ccc1Cl)CC2. The Morgan fingerprint density at radius 1 is 1.37 bits per heavy atom. The van der Waals surface area contributed by atoms with Gasteiger partial charge in [0.05, 0.1) is 21.1 Å². The third-order valence-electron chi connectivity index (χ3n) is 4.54. The van der Waals surface area contributed by atoms with Crippen LogP contribution in [0.2, 0.25) is 5.02 Å². The van der Waals surface area contributed by atoms with Crippen LogP contribution in [0.25, 0.3) is 10.7 Å². The average molecular weight is 403 g/mol. The number of rotatable bonds is 4. The lowest BCUT2D eigenvalue weighted by Crippen LogP contribution is -2.35. The van der Waals surface area contributed by atoms with E-state index in [9.17, 15) is 14.9 Å². The van der Waals surface area contributed by atoms with Gasteiger partial charge in [-0.15, -0.1) is 11.3 Å². The summed E-state index contributed by atoms with van der Waals surface area (Å²) in [5.74, 6) is 0.601. The van der Waals surface area contributed by atoms with Crippen LogP contribution in [0.4, 0.5) is 5.69 Å². The smallest absolute Gasteiger partial charge is 0.269 e. The maximum absolute atomic E-state index is 12.6. The fourth-order valence-electron chi connectivity index (χ4n) is 3.18. The van der Waals surface area contributed by atoms with Gasteiger partial charge in [-0.1, -0.05) is 17.7 Å². The molecule has 0 unspecified atom stereocenters. The Morgan fingerprint density at radius 3 is 2.96 bits per heavy atom. The third kappa shape index (κ3) is 3.64. The molecule has 0 radical (unpaired) electrons. The molecule has 0 fully saturated rings. The number of nitro benzene ring substituents is 1. The number of H-pyrrole nitrogens is 1. The maximum atomic E-state index is 12.6. The quantitative estimate of drug-likeness (QED) is 0.531. The molecule has 2 aromatic heterocycles. The third-order valence-corrected chi connectivity index (χ3v) is 5.78. The maximum Gasteiger partial charge on any atom is 0.269 e. The first-order valence-electron chi connectivity index (χ1n) is 8.32. The topological polar surface area (TPSA) is 92.1 Å². The molecular weight excluding hydrogens is 388 g/mol. The lowest BCUT2D eigenvalue weighted by atomic mass is 10.1. The van der Waals surface area contributed by atoms with Crippen molar-refractivity contribution >= 4 is 28.6 Å². The van der Waals surface area contributed by atoms with E-state index in [1.807, 2.05) is 17.5 Å². The van der Waals surface area contributed by atoms with E-state index in [0.717, 1.165) is 10.6 Å². The molecule has 0 aliphatic carbocycles. The number of hydrogen-bond donors (Lipinski definition) is 1. The first kappa shape index (κ1) is 17.8. The Morgan fingerprint density at radius 2 is 2.22 bits per heavy atom. The number of benzene rings is 1. The number of non-ortho nitro benzene ring substituents is 1. The predicted molar refractivity (Wildman–Crippen MR) is 104 cm³/mol. The molecule has 0 amide bonds. The van der Waals surface area contributed by atoms with Crippen LogP contribution in [0.15, 0.2) is 40.5 Å². The van der Waals surface area contributed by atoms with Crippen LogP contribution in [0.1, 0.15) is 16.8 Å². The van der Waals surface area contributed by atoms with Gasteiger partial charge in [-0.2, -0.15) is 0 Å². The molecule has 1 aromatic carbocycles. The molecule has 3 aromatic rings. The van der Waals surface area contributed by atoms with Gasteiger partial charge in [0.15, 0.2) is 5.82 Å². The number of thiophene rings is 1. The lowest BCUT2D eigenvalue weighted by Gasteiger charge is -2.27. The van der Waals surface area contributed by atoms with E-state index in [4.69, 9.17) is 11.6 Å². The average Bonchev–Trinajstić information content (AvgIpc) is 3.18. The Bertz CT molecular complexity index is 1060. The zero-order valence-electron chi connectivity index (χ0n) is 14.1. The van der Waals surface area contributed by atoms with Crippen molar-refractivity contribution in [3.05, 3.63) is 78.0 Å². The Kier molecular flexibility index (Phi) is 4.77. The predicted octanol–water partition coefficient (Wildman–Crippen LogP) is 3.62. The van der Waals surface area contributed by atoms with Gasteiger partial charge in [0, 0.05) is 43.2 Å². The summed E-state index contributed by atoms with van der Waals surface area (Å²) in [4.78, 5) is 33.6. The number of hydrogen-bond acceptors (Lipinski definition) is 6. The minimum atomic E-state index is -0.438. The van der Waals surface area contributed by atoms with E-state index in [1.54, 1.807) is 0 Å². The molecule has 27 heavy (non-hydrogen) atoms. The molecule has 1 N–H and O–H groups in total. The first-order chi connectivity index (χ1) is 13.0. The van der Waals surface area contributed by atoms with Crippen molar-refractivity contribution in [3.8, 4) is 10.7 Å². The van der Waals surface area contributed by atoms with Crippen LogP contribution in [-0.2, 0) is 19.5 Å². The molecule has 1 aliphatic heterocycles. The minimum absolute atomic E-state index is 0.00640. The largest absolute Gasteiger partial charge is 0.306 e. The van der Waals surface area contributed by atoms with E-state index < -0.39 is 4.92 Å². The van der Waals surface area contributed by atoms with Crippen LogP contribution in [0.5, 0.6) is 0 Å². The van der Waals surface area contributed by atoms with E-state index in [-0.39, 0.29) is 11.2 Å². The second kappa shape index (κ2) is 7.22. The highest BCUT2D eigenvalue weighted by Crippen LogP contribution is 2.26. The highest BCUT2D eigenvalue weighted by atomic mass is 35.5. The summed E-state index contributed by atoms with van der Waals surface area (Å²) in [6.07, 6.45) is 0.643. The van der Waals surface area contributed by atoms with Gasteiger partial charge in [-0.3, -0.25) is 19.8 Å². The molecule has 1 aliphatic rings. The fraction of sp³-hybridized carbons (Fsp3) is 0.222. The number of halogens is 1. The Labute approximate surface area is 163 Å². The van der Waals surface area contributed by atoms with Crippen molar-refractivity contribution in [3.63, 3.8) is 0 Å². The molecule has 0 spiro atoms. The van der Waals surface area contributed by atoms with Gasteiger partial charge in [-0.05, 0) is 23.1 Å². The fourth-order valence-corrected chi connectivity index (χ4v) is 4.03. The van der Waals surface area contributed by atoms with Crippen molar-refractivity contribution in [1.82, 2.24) is 14.9 Å². The number of aromatic amines is 1. The van der Waals surface area contributed by atoms with E-state index in [2.05, 4.69) is 14.9 Å². The summed E-state index contributed by atoms with van der Waals surface area (Å²) in [6, 6.07) is 8.26. The molecular formula is C18H15ClN4O3S. The molecule has 0 bridgehead atoms. The summed E-state index contributed by atoms with van der Waals surface area (Å²) in [5, 5.41) is 13.4. The van der Waals surface area contributed by atoms with Gasteiger partial charge >= 0.3 is 0 Å². The molecule has 7 nitrogen and oxygen atoms in total. The molecule has 138 valence electrons. The van der Waals surface area contributed by atoms with Gasteiger partial charge in [0.2, 0.25) is 0 Å². The van der Waals surface area contributed by atoms with Gasteiger partial charge in [0.1, 0.15) is 0 Å². The summed E-state index contributed by atoms with van der Waals surface area (Å²) in [5.41, 5.74) is 1.99. The second-order valence-corrected chi connectivity index (χ2v) is 7.67. The van der Waals surface area contributed by atoms with Crippen molar-refractivity contribution < 1.29 is 4.92 Å². The summed E-state index contributed by atoms with van der Waals surface area (Å²) >= 11 is 7.73. The van der Waals surface area contributed by atoms with Crippen LogP contribution < -0.4 is 5.56 Å². The minimum Gasteiger partial charge on any atom is -0.306 e. The Balaban J connectivity index is 1.58. The van der Waals surface area contributed by atoms with Gasteiger partial charge in [0.25, 0.3) is 11.2 Å². The lowest BCUT2D eigenvalue weighted by molar-refractivity contribution is -0.384. The van der Waals surface area contributed by atoms with Crippen molar-refractivity contribution in [2.75, 3.05) is 6.54 Å². The van der Waals surface area contributed by atoms with E-state index in [1.165, 1.54) is 29.5 Å². The standard InChI is InChI=1S/C18H15ClN4O3S/c19-14-4-3-12(23(25)26)8-11(14)9-22-6-5-15-13(10-22)18(24)21-17(20-15)16-2-1-7-27-16/h1-4,7-8H,5-6,9-10H2,(H,20,21,24). The number of nitrogens with one attached hydrogen (secondary N) is 1. The van der Waals surface area contributed by atoms with Crippen LogP contribution >= 0.6 is 22.9 Å². The number of nitrogens with zero attached hydrogens (tertiary/aromatic N) is 3. The zero-order chi connectivity index (χ0) is 19.0. The van der Waals surface area contributed by atoms with Gasteiger partial charge in [-0.25, -0.2) is 4.98 Å². The molecule has 0 saturated heterocycles. The number of fused-ring (bicyclic) bond motifs is 1. The normalized spacial score (nSPS) is 14.1. The highest BCUT2D eigenvalue weighted by molar-refractivity contribution is 7.13. The summed E-state index contributed by atoms with van der Waals surface area (Å²) in [7, 11) is 0. The second-order valence-electron chi connectivity index (χ2n) is 6.31. The monoisotopic (exact) mass is 402 g/mol. The van der Waals surface area contributed by atoms with E-state index in [0.29, 0.717) is 48.0 Å². The molecule has 0 atom stereocenters. The Hall–Kier alpha value is -2.55.